The van der Waals surface area contributed by atoms with E-state index in [0.29, 0.717) is 31.7 Å². The Morgan fingerprint density at radius 2 is 1.76 bits per heavy atom. The van der Waals surface area contributed by atoms with Gasteiger partial charge in [-0.1, -0.05) is 29.8 Å². The molecule has 1 aromatic heterocycles. The van der Waals surface area contributed by atoms with E-state index < -0.39 is 0 Å². The summed E-state index contributed by atoms with van der Waals surface area (Å²) in [6.07, 6.45) is 3.81. The van der Waals surface area contributed by atoms with Crippen LogP contribution in [-0.2, 0) is 4.79 Å². The first-order chi connectivity index (χ1) is 12.1. The van der Waals surface area contributed by atoms with E-state index in [0.717, 1.165) is 17.0 Å². The van der Waals surface area contributed by atoms with E-state index in [1.165, 1.54) is 12.5 Å². The number of benzene rings is 1. The molecule has 0 bridgehead atoms. The minimum Gasteiger partial charge on any atom is -0.472 e. The fourth-order valence-corrected chi connectivity index (χ4v) is 3.80. The minimum absolute atomic E-state index is 0.0241. The molecule has 5 nitrogen and oxygen atoms in total. The number of carbonyl (C=O) groups excluding carboxylic acids is 2. The molecule has 130 valence electrons. The molecule has 1 saturated heterocycles. The van der Waals surface area contributed by atoms with Crippen LogP contribution in [0.25, 0.3) is 0 Å². The summed E-state index contributed by atoms with van der Waals surface area (Å²) in [5, 5.41) is 0.735. The van der Waals surface area contributed by atoms with Gasteiger partial charge in [0.1, 0.15) is 6.26 Å². The molecule has 1 aliphatic heterocycles. The maximum absolute atomic E-state index is 12.7. The molecule has 2 aromatic rings. The van der Waals surface area contributed by atoms with Crippen molar-refractivity contribution in [2.75, 3.05) is 26.2 Å². The predicted octanol–water partition coefficient (Wildman–Crippen LogP) is 3.02. The highest BCUT2D eigenvalue weighted by atomic mass is 35.5. The number of piperazine rings is 1. The number of hydrogen-bond donors (Lipinski definition) is 0. The van der Waals surface area contributed by atoms with E-state index in [2.05, 4.69) is 0 Å². The number of amides is 2. The van der Waals surface area contributed by atoms with Crippen molar-refractivity contribution in [1.82, 2.24) is 9.80 Å². The summed E-state index contributed by atoms with van der Waals surface area (Å²) in [5.74, 6) is 0.393. The van der Waals surface area contributed by atoms with Crippen LogP contribution in [0.4, 0.5) is 0 Å². The Balaban J connectivity index is 1.33. The third kappa shape index (κ3) is 3.16. The van der Waals surface area contributed by atoms with Crippen LogP contribution < -0.4 is 0 Å². The van der Waals surface area contributed by atoms with E-state index in [4.69, 9.17) is 16.0 Å². The molecule has 1 aromatic carbocycles. The highest BCUT2D eigenvalue weighted by Gasteiger charge is 2.46. The van der Waals surface area contributed by atoms with Crippen molar-refractivity contribution in [3.63, 3.8) is 0 Å². The average Bonchev–Trinajstić information content (AvgIpc) is 3.24. The van der Waals surface area contributed by atoms with Gasteiger partial charge in [-0.2, -0.15) is 0 Å². The topological polar surface area (TPSA) is 53.8 Å². The summed E-state index contributed by atoms with van der Waals surface area (Å²) in [6, 6.07) is 9.40. The molecule has 0 spiro atoms. The highest BCUT2D eigenvalue weighted by molar-refractivity contribution is 6.31. The molecule has 2 unspecified atom stereocenters. The Morgan fingerprint density at radius 1 is 1.04 bits per heavy atom. The first-order valence-corrected chi connectivity index (χ1v) is 8.87. The van der Waals surface area contributed by atoms with E-state index in [1.807, 2.05) is 29.2 Å². The van der Waals surface area contributed by atoms with Crippen molar-refractivity contribution >= 4 is 23.4 Å². The van der Waals surface area contributed by atoms with Gasteiger partial charge in [0, 0.05) is 37.1 Å². The fraction of sp³-hybridized carbons (Fsp3) is 0.368. The van der Waals surface area contributed by atoms with Gasteiger partial charge in [0.25, 0.3) is 5.91 Å². The number of furan rings is 1. The average molecular weight is 359 g/mol. The van der Waals surface area contributed by atoms with Crippen LogP contribution in [0.2, 0.25) is 5.02 Å². The van der Waals surface area contributed by atoms with Gasteiger partial charge >= 0.3 is 0 Å². The molecule has 2 aliphatic rings. The summed E-state index contributed by atoms with van der Waals surface area (Å²) in [5.41, 5.74) is 1.62. The summed E-state index contributed by atoms with van der Waals surface area (Å²) in [7, 11) is 0. The molecule has 4 rings (SSSR count). The molecular formula is C19H19ClN2O3. The second-order valence-corrected chi connectivity index (χ2v) is 7.01. The summed E-state index contributed by atoms with van der Waals surface area (Å²) in [4.78, 5) is 28.7. The maximum atomic E-state index is 12.7. The molecule has 0 radical (unpaired) electrons. The molecule has 2 heterocycles. The second-order valence-electron chi connectivity index (χ2n) is 6.60. The molecule has 2 amide bonds. The van der Waals surface area contributed by atoms with Crippen LogP contribution >= 0.6 is 11.6 Å². The van der Waals surface area contributed by atoms with Crippen LogP contribution in [0.15, 0.2) is 47.3 Å². The number of carbonyl (C=O) groups is 2. The Hall–Kier alpha value is -2.27. The lowest BCUT2D eigenvalue weighted by Crippen LogP contribution is -2.51. The molecule has 1 aliphatic carbocycles. The van der Waals surface area contributed by atoms with Gasteiger partial charge in [0.2, 0.25) is 5.91 Å². The molecule has 2 fully saturated rings. The largest absolute Gasteiger partial charge is 0.472 e. The van der Waals surface area contributed by atoms with Crippen molar-refractivity contribution in [3.8, 4) is 0 Å². The predicted molar refractivity (Wildman–Crippen MR) is 93.5 cm³/mol. The SMILES string of the molecule is O=C(c1ccoc1)N1CCN(C(=O)C2CC2c2ccccc2Cl)CC1. The first kappa shape index (κ1) is 16.2. The van der Waals surface area contributed by atoms with E-state index in [9.17, 15) is 9.59 Å². The van der Waals surface area contributed by atoms with Crippen LogP contribution in [0.5, 0.6) is 0 Å². The van der Waals surface area contributed by atoms with Gasteiger partial charge in [-0.3, -0.25) is 9.59 Å². The van der Waals surface area contributed by atoms with Crippen molar-refractivity contribution in [3.05, 3.63) is 59.0 Å². The minimum atomic E-state index is -0.0405. The van der Waals surface area contributed by atoms with Crippen molar-refractivity contribution in [2.45, 2.75) is 12.3 Å². The summed E-state index contributed by atoms with van der Waals surface area (Å²) in [6.45, 7) is 2.26. The van der Waals surface area contributed by atoms with Crippen LogP contribution in [0.3, 0.4) is 0 Å². The molecule has 1 saturated carbocycles. The second kappa shape index (κ2) is 6.56. The van der Waals surface area contributed by atoms with Gasteiger partial charge in [-0.05, 0) is 30.0 Å². The molecule has 0 N–H and O–H groups in total. The zero-order valence-corrected chi connectivity index (χ0v) is 14.5. The summed E-state index contributed by atoms with van der Waals surface area (Å²) >= 11 is 6.24. The monoisotopic (exact) mass is 358 g/mol. The number of hydrogen-bond acceptors (Lipinski definition) is 3. The van der Waals surface area contributed by atoms with Crippen molar-refractivity contribution in [1.29, 1.82) is 0 Å². The lowest BCUT2D eigenvalue weighted by Gasteiger charge is -2.34. The Bertz CT molecular complexity index is 782. The lowest BCUT2D eigenvalue weighted by atomic mass is 10.1. The smallest absolute Gasteiger partial charge is 0.257 e. The third-order valence-electron chi connectivity index (χ3n) is 5.06. The number of halogens is 1. The van der Waals surface area contributed by atoms with E-state index in [-0.39, 0.29) is 23.7 Å². The zero-order valence-electron chi connectivity index (χ0n) is 13.7. The fourth-order valence-electron chi connectivity index (χ4n) is 3.52. The van der Waals surface area contributed by atoms with Crippen LogP contribution in [-0.4, -0.2) is 47.8 Å². The van der Waals surface area contributed by atoms with Crippen molar-refractivity contribution in [2.24, 2.45) is 5.92 Å². The molecule has 25 heavy (non-hydrogen) atoms. The maximum Gasteiger partial charge on any atom is 0.257 e. The number of nitrogens with zero attached hydrogens (tertiary/aromatic N) is 2. The van der Waals surface area contributed by atoms with Gasteiger partial charge in [-0.15, -0.1) is 0 Å². The molecule has 2 atom stereocenters. The van der Waals surface area contributed by atoms with Gasteiger partial charge < -0.3 is 14.2 Å². The van der Waals surface area contributed by atoms with E-state index >= 15 is 0 Å². The Kier molecular flexibility index (Phi) is 4.25. The van der Waals surface area contributed by atoms with Crippen LogP contribution in [0.1, 0.15) is 28.3 Å². The van der Waals surface area contributed by atoms with Crippen LogP contribution in [0, 0.1) is 5.92 Å². The van der Waals surface area contributed by atoms with Gasteiger partial charge in [0.05, 0.1) is 11.8 Å². The Labute approximate surface area is 151 Å². The molecule has 6 heteroatoms. The standard InChI is InChI=1S/C19H19ClN2O3/c20-17-4-2-1-3-14(17)15-11-16(15)19(24)22-8-6-21(7-9-22)18(23)13-5-10-25-12-13/h1-5,10,12,15-16H,6-9,11H2. The highest BCUT2D eigenvalue weighted by Crippen LogP contribution is 2.50. The normalized spacial score (nSPS) is 22.8. The lowest BCUT2D eigenvalue weighted by molar-refractivity contribution is -0.134. The third-order valence-corrected chi connectivity index (χ3v) is 5.40. The van der Waals surface area contributed by atoms with E-state index in [1.54, 1.807) is 11.0 Å². The quantitative estimate of drug-likeness (QED) is 0.847. The van der Waals surface area contributed by atoms with Gasteiger partial charge in [0.15, 0.2) is 0 Å². The molecular weight excluding hydrogens is 340 g/mol. The van der Waals surface area contributed by atoms with Gasteiger partial charge in [-0.25, -0.2) is 0 Å². The van der Waals surface area contributed by atoms with Crippen molar-refractivity contribution < 1.29 is 14.0 Å². The summed E-state index contributed by atoms with van der Waals surface area (Å²) < 4.78 is 4.97. The zero-order chi connectivity index (χ0) is 17.4. The Morgan fingerprint density at radius 3 is 2.44 bits per heavy atom. The number of rotatable bonds is 3. The first-order valence-electron chi connectivity index (χ1n) is 8.50.